The molecule has 0 atom stereocenters. The van der Waals surface area contributed by atoms with E-state index in [1.165, 1.54) is 19.1 Å². The van der Waals surface area contributed by atoms with Crippen LogP contribution in [0.4, 0.5) is 5.69 Å². The van der Waals surface area contributed by atoms with Crippen LogP contribution in [0.1, 0.15) is 11.3 Å². The monoisotopic (exact) mass is 459 g/mol. The minimum atomic E-state index is -0.460. The summed E-state index contributed by atoms with van der Waals surface area (Å²) in [6.45, 7) is 0.176. The van der Waals surface area contributed by atoms with Crippen LogP contribution in [-0.4, -0.2) is 42.7 Å². The molecule has 2 aromatic carbocycles. The number of anilines is 1. The maximum absolute atomic E-state index is 13.5. The van der Waals surface area contributed by atoms with Crippen molar-refractivity contribution in [2.75, 3.05) is 26.3 Å². The lowest BCUT2D eigenvalue weighted by Gasteiger charge is -2.15. The van der Waals surface area contributed by atoms with Crippen molar-refractivity contribution >= 4 is 23.1 Å². The summed E-state index contributed by atoms with van der Waals surface area (Å²) in [5, 5.41) is 3.12. The number of hydrogen-bond donors (Lipinski definition) is 1. The van der Waals surface area contributed by atoms with Gasteiger partial charge in [-0.1, -0.05) is 12.1 Å². The van der Waals surface area contributed by atoms with Gasteiger partial charge in [0.1, 0.15) is 5.70 Å². The van der Waals surface area contributed by atoms with Crippen LogP contribution < -0.4 is 24.3 Å². The summed E-state index contributed by atoms with van der Waals surface area (Å²) in [7, 11) is 3.04. The molecule has 172 valence electrons. The number of methoxy groups -OCH3 is 2. The third-order valence-electron chi connectivity index (χ3n) is 5.53. The molecule has 5 rings (SSSR count). The molecule has 0 bridgehead atoms. The van der Waals surface area contributed by atoms with E-state index < -0.39 is 11.8 Å². The fourth-order valence-corrected chi connectivity index (χ4v) is 3.87. The fourth-order valence-electron chi connectivity index (χ4n) is 3.87. The summed E-state index contributed by atoms with van der Waals surface area (Å²) in [6.07, 6.45) is 1.62. The number of aromatic nitrogens is 1. The predicted molar refractivity (Wildman–Crippen MR) is 122 cm³/mol. The van der Waals surface area contributed by atoms with Gasteiger partial charge in [-0.05, 0) is 42.0 Å². The number of benzene rings is 2. The molecule has 9 heteroatoms. The molecule has 2 aliphatic rings. The van der Waals surface area contributed by atoms with Gasteiger partial charge in [0.25, 0.3) is 11.8 Å². The van der Waals surface area contributed by atoms with E-state index in [-0.39, 0.29) is 24.6 Å². The zero-order valence-electron chi connectivity index (χ0n) is 18.5. The molecule has 2 amide bonds. The van der Waals surface area contributed by atoms with Crippen LogP contribution >= 0.6 is 0 Å². The van der Waals surface area contributed by atoms with Crippen molar-refractivity contribution < 1.29 is 28.5 Å². The summed E-state index contributed by atoms with van der Waals surface area (Å²) in [4.78, 5) is 32.4. The molecule has 1 aromatic heterocycles. The molecule has 9 nitrogen and oxygen atoms in total. The van der Waals surface area contributed by atoms with Crippen molar-refractivity contribution in [2.24, 2.45) is 0 Å². The highest BCUT2D eigenvalue weighted by Crippen LogP contribution is 2.38. The fraction of sp³-hybridized carbons (Fsp3) is 0.160. The lowest BCUT2D eigenvalue weighted by molar-refractivity contribution is -0.137. The Hall–Kier alpha value is -4.53. The minimum absolute atomic E-state index is 0.0433. The van der Waals surface area contributed by atoms with Crippen molar-refractivity contribution in [3.8, 4) is 23.0 Å². The molecular weight excluding hydrogens is 438 g/mol. The first-order valence-electron chi connectivity index (χ1n) is 10.5. The Labute approximate surface area is 195 Å². The van der Waals surface area contributed by atoms with Crippen LogP contribution in [0, 0.1) is 0 Å². The molecular formula is C25H21N3O6. The smallest absolute Gasteiger partial charge is 0.278 e. The maximum Gasteiger partial charge on any atom is 0.278 e. The van der Waals surface area contributed by atoms with Crippen LogP contribution in [0.2, 0.25) is 0 Å². The number of fused-ring (bicyclic) bond motifs is 1. The van der Waals surface area contributed by atoms with Crippen LogP contribution in [0.25, 0.3) is 5.57 Å². The lowest BCUT2D eigenvalue weighted by Crippen LogP contribution is -2.32. The topological polar surface area (TPSA) is 99.2 Å². The van der Waals surface area contributed by atoms with Crippen LogP contribution in [0.15, 0.2) is 66.5 Å². The first-order valence-corrected chi connectivity index (χ1v) is 10.5. The van der Waals surface area contributed by atoms with Crippen molar-refractivity contribution in [1.29, 1.82) is 0 Å². The Morgan fingerprint density at radius 3 is 2.53 bits per heavy atom. The van der Waals surface area contributed by atoms with Gasteiger partial charge in [0.15, 0.2) is 23.0 Å². The first kappa shape index (κ1) is 21.3. The number of rotatable bonds is 7. The van der Waals surface area contributed by atoms with Gasteiger partial charge in [-0.3, -0.25) is 19.5 Å². The van der Waals surface area contributed by atoms with Gasteiger partial charge in [-0.25, -0.2) is 0 Å². The van der Waals surface area contributed by atoms with Crippen molar-refractivity contribution in [3.63, 3.8) is 0 Å². The van der Waals surface area contributed by atoms with E-state index in [1.54, 1.807) is 54.7 Å². The standard InChI is InChI=1S/C25H21N3O6/c1-31-18-8-6-15(11-20(18)32-2)22-23(27-16-7-9-19-21(12-16)34-14-33-19)25(30)28(24(22)29)13-17-5-3-4-10-26-17/h3-12,27H,13-14H2,1-2H3. The molecule has 0 saturated carbocycles. The maximum atomic E-state index is 13.5. The van der Waals surface area contributed by atoms with Crippen molar-refractivity contribution in [3.05, 3.63) is 77.7 Å². The second-order valence-electron chi connectivity index (χ2n) is 7.53. The Morgan fingerprint density at radius 1 is 0.941 bits per heavy atom. The van der Waals surface area contributed by atoms with Crippen LogP contribution in [0.5, 0.6) is 23.0 Å². The summed E-state index contributed by atoms with van der Waals surface area (Å²) in [5.41, 5.74) is 2.06. The summed E-state index contributed by atoms with van der Waals surface area (Å²) < 4.78 is 21.5. The van der Waals surface area contributed by atoms with Gasteiger partial charge in [0.05, 0.1) is 32.0 Å². The largest absolute Gasteiger partial charge is 0.493 e. The highest BCUT2D eigenvalue weighted by Gasteiger charge is 2.40. The number of imide groups is 1. The Bertz CT molecular complexity index is 1310. The summed E-state index contributed by atoms with van der Waals surface area (Å²) in [6, 6.07) is 15.6. The van der Waals surface area contributed by atoms with Crippen LogP contribution in [0.3, 0.4) is 0 Å². The molecule has 34 heavy (non-hydrogen) atoms. The number of carbonyl (C=O) groups excluding carboxylic acids is 2. The van der Waals surface area contributed by atoms with E-state index in [0.29, 0.717) is 39.9 Å². The van der Waals surface area contributed by atoms with Crippen LogP contribution in [-0.2, 0) is 16.1 Å². The van der Waals surface area contributed by atoms with E-state index in [2.05, 4.69) is 10.3 Å². The number of ether oxygens (including phenoxy) is 4. The number of nitrogens with zero attached hydrogens (tertiary/aromatic N) is 2. The number of nitrogens with one attached hydrogen (secondary N) is 1. The molecule has 0 fully saturated rings. The van der Waals surface area contributed by atoms with Gasteiger partial charge in [-0.15, -0.1) is 0 Å². The van der Waals surface area contributed by atoms with E-state index in [9.17, 15) is 9.59 Å². The van der Waals surface area contributed by atoms with Gasteiger partial charge < -0.3 is 24.3 Å². The first-order chi connectivity index (χ1) is 16.6. The van der Waals surface area contributed by atoms with Gasteiger partial charge in [0.2, 0.25) is 6.79 Å². The summed E-state index contributed by atoms with van der Waals surface area (Å²) in [5.74, 6) is 1.23. The summed E-state index contributed by atoms with van der Waals surface area (Å²) >= 11 is 0. The van der Waals surface area contributed by atoms with E-state index in [0.717, 1.165) is 0 Å². The zero-order chi connectivity index (χ0) is 23.7. The lowest BCUT2D eigenvalue weighted by atomic mass is 10.0. The highest BCUT2D eigenvalue weighted by molar-refractivity contribution is 6.36. The quantitative estimate of drug-likeness (QED) is 0.538. The minimum Gasteiger partial charge on any atom is -0.493 e. The number of carbonyl (C=O) groups is 2. The average molecular weight is 459 g/mol. The highest BCUT2D eigenvalue weighted by atomic mass is 16.7. The second-order valence-corrected chi connectivity index (χ2v) is 7.53. The van der Waals surface area contributed by atoms with Gasteiger partial charge in [0, 0.05) is 18.0 Å². The predicted octanol–water partition coefficient (Wildman–Crippen LogP) is 3.22. The van der Waals surface area contributed by atoms with Crippen molar-refractivity contribution in [2.45, 2.75) is 6.54 Å². The molecule has 0 spiro atoms. The number of pyridine rings is 1. The molecule has 2 aliphatic heterocycles. The SMILES string of the molecule is COc1ccc(C2=C(Nc3ccc4c(c3)OCO4)C(=O)N(Cc3ccccn3)C2=O)cc1OC. The van der Waals surface area contributed by atoms with Crippen molar-refractivity contribution in [1.82, 2.24) is 9.88 Å². The van der Waals surface area contributed by atoms with E-state index in [4.69, 9.17) is 18.9 Å². The van der Waals surface area contributed by atoms with E-state index in [1.807, 2.05) is 6.07 Å². The Balaban J connectivity index is 1.56. The molecule has 0 aliphatic carbocycles. The normalized spacial score (nSPS) is 14.6. The zero-order valence-corrected chi connectivity index (χ0v) is 18.5. The molecule has 0 saturated heterocycles. The molecule has 1 N–H and O–H groups in total. The van der Waals surface area contributed by atoms with E-state index >= 15 is 0 Å². The third-order valence-corrected chi connectivity index (χ3v) is 5.53. The molecule has 3 heterocycles. The van der Waals surface area contributed by atoms with Gasteiger partial charge in [-0.2, -0.15) is 0 Å². The number of amides is 2. The molecule has 0 unspecified atom stereocenters. The number of hydrogen-bond acceptors (Lipinski definition) is 8. The van der Waals surface area contributed by atoms with Gasteiger partial charge >= 0.3 is 0 Å². The Morgan fingerprint density at radius 2 is 1.76 bits per heavy atom. The molecule has 0 radical (unpaired) electrons. The average Bonchev–Trinajstić information content (AvgIpc) is 3.42. The second kappa shape index (κ2) is 8.78. The third kappa shape index (κ3) is 3.77. The Kier molecular flexibility index (Phi) is 5.51. The molecule has 3 aromatic rings.